The van der Waals surface area contributed by atoms with Crippen LogP contribution >= 0.6 is 15.9 Å². The first kappa shape index (κ1) is 15.5. The number of halogens is 1. The number of rotatable bonds is 3. The van der Waals surface area contributed by atoms with Crippen LogP contribution in [0.1, 0.15) is 44.1 Å². The SMILES string of the molecule is Cc1cc(Br)ccc1NC(=O)NCC12CC3CC(CC(C3)C1)C2. The quantitative estimate of drug-likeness (QED) is 0.757. The highest BCUT2D eigenvalue weighted by molar-refractivity contribution is 9.10. The molecule has 124 valence electrons. The molecule has 5 rings (SSSR count). The molecule has 23 heavy (non-hydrogen) atoms. The van der Waals surface area contributed by atoms with Crippen LogP contribution < -0.4 is 10.6 Å². The molecule has 1 aromatic rings. The van der Waals surface area contributed by atoms with Crippen molar-refractivity contribution in [2.24, 2.45) is 23.2 Å². The second-order valence-corrected chi connectivity index (χ2v) is 9.10. The van der Waals surface area contributed by atoms with E-state index in [2.05, 4.69) is 26.6 Å². The van der Waals surface area contributed by atoms with Gasteiger partial charge in [0.1, 0.15) is 0 Å². The number of nitrogens with one attached hydrogen (secondary N) is 2. The maximum atomic E-state index is 12.3. The van der Waals surface area contributed by atoms with Crippen LogP contribution in [0.2, 0.25) is 0 Å². The number of hydrogen-bond acceptors (Lipinski definition) is 1. The van der Waals surface area contributed by atoms with E-state index in [-0.39, 0.29) is 6.03 Å². The van der Waals surface area contributed by atoms with Crippen LogP contribution in [-0.4, -0.2) is 12.6 Å². The van der Waals surface area contributed by atoms with Gasteiger partial charge >= 0.3 is 6.03 Å². The standard InChI is InChI=1S/C19H25BrN2O/c1-12-4-16(20)2-3-17(12)22-18(23)21-11-19-8-13-5-14(9-19)7-15(6-13)10-19/h2-4,13-15H,5-11H2,1H3,(H2,21,22,23). The first-order valence-corrected chi connectivity index (χ1v) is 9.62. The van der Waals surface area contributed by atoms with Crippen molar-refractivity contribution in [3.63, 3.8) is 0 Å². The molecule has 0 aromatic heterocycles. The Labute approximate surface area is 146 Å². The van der Waals surface area contributed by atoms with Crippen LogP contribution in [0.3, 0.4) is 0 Å². The third-order valence-electron chi connectivity index (χ3n) is 6.23. The van der Waals surface area contributed by atoms with E-state index >= 15 is 0 Å². The summed E-state index contributed by atoms with van der Waals surface area (Å²) >= 11 is 3.46. The first-order valence-electron chi connectivity index (χ1n) is 8.82. The largest absolute Gasteiger partial charge is 0.337 e. The fourth-order valence-electron chi connectivity index (χ4n) is 5.71. The Bertz CT molecular complexity index is 593. The number of amides is 2. The summed E-state index contributed by atoms with van der Waals surface area (Å²) in [4.78, 5) is 12.3. The molecule has 0 spiro atoms. The zero-order chi connectivity index (χ0) is 16.0. The molecule has 1 aromatic carbocycles. The summed E-state index contributed by atoms with van der Waals surface area (Å²) in [5.41, 5.74) is 2.35. The third kappa shape index (κ3) is 3.15. The number of carbonyl (C=O) groups is 1. The lowest BCUT2D eigenvalue weighted by Crippen LogP contribution is -2.51. The lowest BCUT2D eigenvalue weighted by molar-refractivity contribution is -0.0496. The second kappa shape index (κ2) is 5.80. The van der Waals surface area contributed by atoms with E-state index in [9.17, 15) is 4.79 Å². The lowest BCUT2D eigenvalue weighted by atomic mass is 9.49. The van der Waals surface area contributed by atoms with Gasteiger partial charge in [-0.05, 0) is 92.4 Å². The van der Waals surface area contributed by atoms with Gasteiger partial charge in [0.15, 0.2) is 0 Å². The number of benzene rings is 1. The van der Waals surface area contributed by atoms with Crippen molar-refractivity contribution in [3.05, 3.63) is 28.2 Å². The molecule has 4 heteroatoms. The third-order valence-corrected chi connectivity index (χ3v) is 6.72. The number of anilines is 1. The van der Waals surface area contributed by atoms with Crippen LogP contribution in [0, 0.1) is 30.1 Å². The smallest absolute Gasteiger partial charge is 0.319 e. The van der Waals surface area contributed by atoms with E-state index < -0.39 is 0 Å². The van der Waals surface area contributed by atoms with Crippen molar-refractivity contribution >= 4 is 27.6 Å². The van der Waals surface area contributed by atoms with Gasteiger partial charge in [0, 0.05) is 16.7 Å². The highest BCUT2D eigenvalue weighted by Crippen LogP contribution is 2.59. The van der Waals surface area contributed by atoms with Crippen molar-refractivity contribution in [1.29, 1.82) is 0 Å². The van der Waals surface area contributed by atoms with E-state index in [1.165, 1.54) is 38.5 Å². The molecular weight excluding hydrogens is 352 g/mol. The van der Waals surface area contributed by atoms with Gasteiger partial charge in [-0.25, -0.2) is 4.79 Å². The summed E-state index contributed by atoms with van der Waals surface area (Å²) in [5, 5.41) is 6.17. The van der Waals surface area contributed by atoms with Crippen LogP contribution in [0.5, 0.6) is 0 Å². The van der Waals surface area contributed by atoms with Crippen molar-refractivity contribution in [3.8, 4) is 0 Å². The molecule has 4 bridgehead atoms. The van der Waals surface area contributed by atoms with E-state index in [0.717, 1.165) is 40.0 Å². The monoisotopic (exact) mass is 376 g/mol. The predicted molar refractivity (Wildman–Crippen MR) is 96.5 cm³/mol. The van der Waals surface area contributed by atoms with Gasteiger partial charge in [-0.15, -0.1) is 0 Å². The molecule has 4 aliphatic carbocycles. The van der Waals surface area contributed by atoms with Crippen molar-refractivity contribution < 1.29 is 4.79 Å². The van der Waals surface area contributed by atoms with E-state index in [1.54, 1.807) is 0 Å². The fraction of sp³-hybridized carbons (Fsp3) is 0.632. The summed E-state index contributed by atoms with van der Waals surface area (Å²) in [6.07, 6.45) is 8.33. The highest BCUT2D eigenvalue weighted by atomic mass is 79.9. The summed E-state index contributed by atoms with van der Waals surface area (Å²) < 4.78 is 1.04. The van der Waals surface area contributed by atoms with Crippen LogP contribution in [0.15, 0.2) is 22.7 Å². The number of urea groups is 1. The zero-order valence-electron chi connectivity index (χ0n) is 13.7. The molecular formula is C19H25BrN2O. The van der Waals surface area contributed by atoms with E-state index in [0.29, 0.717) is 5.41 Å². The lowest BCUT2D eigenvalue weighted by Gasteiger charge is -2.56. The molecule has 4 fully saturated rings. The molecule has 3 nitrogen and oxygen atoms in total. The average Bonchev–Trinajstić information content (AvgIpc) is 2.47. The minimum Gasteiger partial charge on any atom is -0.337 e. The van der Waals surface area contributed by atoms with Crippen LogP contribution in [0.4, 0.5) is 10.5 Å². The summed E-state index contributed by atoms with van der Waals surface area (Å²) in [6.45, 7) is 2.86. The number of aryl methyl sites for hydroxylation is 1. The summed E-state index contributed by atoms with van der Waals surface area (Å²) in [5.74, 6) is 2.79. The Morgan fingerprint density at radius 1 is 1.17 bits per heavy atom. The highest BCUT2D eigenvalue weighted by Gasteiger charge is 2.50. The molecule has 2 amide bonds. The molecule has 0 saturated heterocycles. The van der Waals surface area contributed by atoms with Gasteiger partial charge in [0.25, 0.3) is 0 Å². The van der Waals surface area contributed by atoms with Gasteiger partial charge in [-0.3, -0.25) is 0 Å². The van der Waals surface area contributed by atoms with Gasteiger partial charge in [-0.1, -0.05) is 15.9 Å². The molecule has 0 atom stereocenters. The Kier molecular flexibility index (Phi) is 3.91. The molecule has 4 aliphatic rings. The number of carbonyl (C=O) groups excluding carboxylic acids is 1. The summed E-state index contributed by atoms with van der Waals surface area (Å²) in [6, 6.07) is 5.87. The molecule has 0 unspecified atom stereocenters. The Morgan fingerprint density at radius 2 is 1.78 bits per heavy atom. The maximum Gasteiger partial charge on any atom is 0.319 e. The van der Waals surface area contributed by atoms with Gasteiger partial charge in [0.05, 0.1) is 0 Å². The molecule has 4 saturated carbocycles. The topological polar surface area (TPSA) is 41.1 Å². The number of hydrogen-bond donors (Lipinski definition) is 2. The van der Waals surface area contributed by atoms with Crippen molar-refractivity contribution in [1.82, 2.24) is 5.32 Å². The Balaban J connectivity index is 1.36. The zero-order valence-corrected chi connectivity index (χ0v) is 15.3. The summed E-state index contributed by atoms with van der Waals surface area (Å²) in [7, 11) is 0. The second-order valence-electron chi connectivity index (χ2n) is 8.18. The van der Waals surface area contributed by atoms with Crippen LogP contribution in [-0.2, 0) is 0 Å². The molecule has 2 N–H and O–H groups in total. The Morgan fingerprint density at radius 3 is 2.35 bits per heavy atom. The van der Waals surface area contributed by atoms with E-state index in [1.807, 2.05) is 25.1 Å². The fourth-order valence-corrected chi connectivity index (χ4v) is 6.18. The Hall–Kier alpha value is -1.03. The minimum absolute atomic E-state index is 0.0637. The van der Waals surface area contributed by atoms with E-state index in [4.69, 9.17) is 0 Å². The van der Waals surface area contributed by atoms with Gasteiger partial charge in [-0.2, -0.15) is 0 Å². The van der Waals surface area contributed by atoms with Gasteiger partial charge < -0.3 is 10.6 Å². The van der Waals surface area contributed by atoms with Crippen LogP contribution in [0.25, 0.3) is 0 Å². The molecule has 0 radical (unpaired) electrons. The minimum atomic E-state index is -0.0637. The maximum absolute atomic E-state index is 12.3. The van der Waals surface area contributed by atoms with Crippen molar-refractivity contribution in [2.45, 2.75) is 45.4 Å². The van der Waals surface area contributed by atoms with Crippen molar-refractivity contribution in [2.75, 3.05) is 11.9 Å². The molecule has 0 heterocycles. The normalized spacial score (nSPS) is 34.4. The average molecular weight is 377 g/mol. The van der Waals surface area contributed by atoms with Gasteiger partial charge in [0.2, 0.25) is 0 Å². The predicted octanol–water partition coefficient (Wildman–Crippen LogP) is 5.10. The first-order chi connectivity index (χ1) is 11.0. The molecule has 0 aliphatic heterocycles.